The van der Waals surface area contributed by atoms with E-state index in [2.05, 4.69) is 10.1 Å². The smallest absolute Gasteiger partial charge is 0.226 e. The molecule has 126 valence electrons. The fourth-order valence-corrected chi connectivity index (χ4v) is 3.92. The maximum atomic E-state index is 12.9. The summed E-state index contributed by atoms with van der Waals surface area (Å²) < 4.78 is 23.2. The zero-order chi connectivity index (χ0) is 19.5. The highest BCUT2D eigenvalue weighted by molar-refractivity contribution is 6.32. The van der Waals surface area contributed by atoms with E-state index < -0.39 is 6.98 Å². The first kappa shape index (κ1) is 12.5. The minimum atomic E-state index is -2.26. The summed E-state index contributed by atoms with van der Waals surface area (Å²) in [7, 11) is 0. The fraction of sp³-hybridized carbons (Fsp3) is 0.500. The first-order valence-corrected chi connectivity index (χ1v) is 8.51. The molecule has 1 aliphatic heterocycles. The van der Waals surface area contributed by atoms with Crippen LogP contribution in [0, 0.1) is 19.8 Å². The lowest BCUT2D eigenvalue weighted by Gasteiger charge is -2.36. The molecule has 5 nitrogen and oxygen atoms in total. The number of hydrogen-bond acceptors (Lipinski definition) is 3. The Balaban J connectivity index is 1.40. The van der Waals surface area contributed by atoms with Gasteiger partial charge in [0.2, 0.25) is 5.91 Å². The van der Waals surface area contributed by atoms with E-state index in [1.165, 1.54) is 0 Å². The van der Waals surface area contributed by atoms with Gasteiger partial charge in [-0.05, 0) is 49.3 Å². The highest BCUT2D eigenvalue weighted by atomic mass is 35.5. The van der Waals surface area contributed by atoms with Gasteiger partial charge < -0.3 is 4.90 Å². The maximum Gasteiger partial charge on any atom is 0.226 e. The molecule has 1 amide bonds. The molecule has 2 aromatic heterocycles. The van der Waals surface area contributed by atoms with Crippen LogP contribution in [0.25, 0.3) is 0 Å². The fourth-order valence-electron chi connectivity index (χ4n) is 3.76. The van der Waals surface area contributed by atoms with Crippen LogP contribution < -0.4 is 0 Å². The normalized spacial score (nSPS) is 24.8. The Bertz CT molecular complexity index is 918. The van der Waals surface area contributed by atoms with Crippen LogP contribution in [-0.2, 0) is 24.9 Å². The van der Waals surface area contributed by atoms with E-state index in [9.17, 15) is 4.79 Å². The van der Waals surface area contributed by atoms with Crippen LogP contribution in [0.3, 0.4) is 0 Å². The molecule has 2 aliphatic rings. The molecule has 1 aliphatic carbocycles. The number of halogens is 1. The Morgan fingerprint density at radius 1 is 1.38 bits per heavy atom. The van der Waals surface area contributed by atoms with Gasteiger partial charge >= 0.3 is 0 Å². The summed E-state index contributed by atoms with van der Waals surface area (Å²) in [5.41, 5.74) is 4.71. The monoisotopic (exact) mass is 347 g/mol. The molecule has 0 unspecified atom stereocenters. The van der Waals surface area contributed by atoms with Crippen molar-refractivity contribution in [2.24, 2.45) is 12.9 Å². The van der Waals surface area contributed by atoms with Crippen LogP contribution in [0.2, 0.25) is 5.02 Å². The minimum absolute atomic E-state index is 0.0303. The van der Waals surface area contributed by atoms with Gasteiger partial charge in [-0.1, -0.05) is 11.6 Å². The summed E-state index contributed by atoms with van der Waals surface area (Å²) in [6, 6.07) is 0. The van der Waals surface area contributed by atoms with Crippen molar-refractivity contribution < 1.29 is 8.91 Å². The summed E-state index contributed by atoms with van der Waals surface area (Å²) in [4.78, 5) is 19.3. The number of pyridine rings is 1. The quantitative estimate of drug-likeness (QED) is 0.838. The number of aryl methyl sites for hydroxylation is 2. The largest absolute Gasteiger partial charge is 0.332 e. The maximum absolute atomic E-state index is 12.9. The van der Waals surface area contributed by atoms with Crippen molar-refractivity contribution in [1.82, 2.24) is 19.7 Å². The Hall–Kier alpha value is -1.88. The first-order valence-electron chi connectivity index (χ1n) is 9.63. The van der Waals surface area contributed by atoms with Gasteiger partial charge in [-0.15, -0.1) is 0 Å². The number of carbonyl (C=O) groups excluding carboxylic acids is 1. The molecule has 6 heteroatoms. The Morgan fingerprint density at radius 3 is 2.88 bits per heavy atom. The molecule has 0 atom stereocenters. The van der Waals surface area contributed by atoms with Gasteiger partial charge in [0.05, 0.1) is 29.2 Å². The van der Waals surface area contributed by atoms with Gasteiger partial charge in [0.15, 0.2) is 0 Å². The number of carbonyl (C=O) groups is 1. The molecule has 1 fully saturated rings. The number of rotatable bonds is 2. The van der Waals surface area contributed by atoms with E-state index in [1.807, 2.05) is 18.7 Å². The van der Waals surface area contributed by atoms with Gasteiger partial charge in [0, 0.05) is 29.7 Å². The second kappa shape index (κ2) is 5.59. The van der Waals surface area contributed by atoms with E-state index in [-0.39, 0.29) is 17.7 Å². The third-order valence-electron chi connectivity index (χ3n) is 5.31. The predicted molar refractivity (Wildman–Crippen MR) is 91.6 cm³/mol. The van der Waals surface area contributed by atoms with Crippen LogP contribution in [-0.4, -0.2) is 25.6 Å². The Labute approximate surface area is 150 Å². The molecule has 4 rings (SSSR count). The average Bonchev–Trinajstić information content (AvgIpc) is 3.18. The van der Waals surface area contributed by atoms with E-state index in [1.54, 1.807) is 12.4 Å². The molecule has 0 bridgehead atoms. The number of amides is 1. The number of nitrogens with zero attached hydrogens (tertiary/aromatic N) is 4. The van der Waals surface area contributed by atoms with Gasteiger partial charge in [-0.3, -0.25) is 14.5 Å². The topological polar surface area (TPSA) is 51.0 Å². The highest BCUT2D eigenvalue weighted by Crippen LogP contribution is 2.43. The molecule has 0 N–H and O–H groups in total. The summed E-state index contributed by atoms with van der Waals surface area (Å²) in [6.07, 6.45) is 4.62. The second-order valence-electron chi connectivity index (χ2n) is 6.84. The van der Waals surface area contributed by atoms with Crippen molar-refractivity contribution in [2.75, 3.05) is 0 Å². The van der Waals surface area contributed by atoms with Crippen molar-refractivity contribution in [3.8, 4) is 0 Å². The molecule has 0 saturated heterocycles. The van der Waals surface area contributed by atoms with Gasteiger partial charge in [-0.2, -0.15) is 5.10 Å². The average molecular weight is 348 g/mol. The van der Waals surface area contributed by atoms with Crippen LogP contribution in [0.4, 0.5) is 0 Å². The van der Waals surface area contributed by atoms with Crippen molar-refractivity contribution >= 4 is 17.5 Å². The Kier molecular flexibility index (Phi) is 2.90. The third-order valence-corrected chi connectivity index (χ3v) is 5.87. The number of aromatic nitrogens is 3. The Morgan fingerprint density at radius 2 is 2.17 bits per heavy atom. The SMILES string of the molecule is [2H]C([2H])([2H])n1cc(C2CC(C(=O)N3Cc4nc(C)c(Cl)c(C)c4C3)C2)cn1. The predicted octanol–water partition coefficient (Wildman–Crippen LogP) is 3.12. The minimum Gasteiger partial charge on any atom is -0.332 e. The molecule has 2 aromatic rings. The molecular formula is C18H21ClN4O. The summed E-state index contributed by atoms with van der Waals surface area (Å²) in [5, 5.41) is 4.61. The number of fused-ring (bicyclic) bond motifs is 1. The zero-order valence-electron chi connectivity index (χ0n) is 16.7. The van der Waals surface area contributed by atoms with Gasteiger partial charge in [-0.25, -0.2) is 0 Å². The van der Waals surface area contributed by atoms with Crippen molar-refractivity contribution in [3.63, 3.8) is 0 Å². The second-order valence-corrected chi connectivity index (χ2v) is 7.22. The molecule has 3 heterocycles. The lowest BCUT2D eigenvalue weighted by atomic mass is 9.71. The first-order chi connectivity index (χ1) is 12.6. The lowest BCUT2D eigenvalue weighted by molar-refractivity contribution is -0.139. The zero-order valence-corrected chi connectivity index (χ0v) is 14.5. The summed E-state index contributed by atoms with van der Waals surface area (Å²) in [6.45, 7) is 2.70. The molecule has 0 spiro atoms. The lowest BCUT2D eigenvalue weighted by Crippen LogP contribution is -2.38. The standard InChI is InChI=1S/C18H21ClN4O/c1-10-15-8-23(9-16(15)21-11(2)17(10)19)18(24)13-4-12(5-13)14-6-20-22(3)7-14/h6-7,12-13H,4-5,8-9H2,1-3H3/i3D3. The van der Waals surface area contributed by atoms with E-state index >= 15 is 0 Å². The van der Waals surface area contributed by atoms with Crippen LogP contribution in [0.1, 0.15) is 51.0 Å². The third kappa shape index (κ3) is 2.42. The van der Waals surface area contributed by atoms with Gasteiger partial charge in [0.25, 0.3) is 0 Å². The molecular weight excluding hydrogens is 324 g/mol. The van der Waals surface area contributed by atoms with Crippen LogP contribution in [0.15, 0.2) is 12.4 Å². The molecule has 24 heavy (non-hydrogen) atoms. The summed E-state index contributed by atoms with van der Waals surface area (Å²) in [5.74, 6) is 0.300. The number of hydrogen-bond donors (Lipinski definition) is 0. The van der Waals surface area contributed by atoms with Crippen LogP contribution >= 0.6 is 11.6 Å². The summed E-state index contributed by atoms with van der Waals surface area (Å²) >= 11 is 6.30. The highest BCUT2D eigenvalue weighted by Gasteiger charge is 2.40. The molecule has 0 aromatic carbocycles. The van der Waals surface area contributed by atoms with Crippen molar-refractivity contribution in [3.05, 3.63) is 45.5 Å². The van der Waals surface area contributed by atoms with E-state index in [0.717, 1.165) is 45.6 Å². The van der Waals surface area contributed by atoms with E-state index in [0.29, 0.717) is 18.1 Å². The molecule has 0 radical (unpaired) electrons. The van der Waals surface area contributed by atoms with Gasteiger partial charge in [0.1, 0.15) is 0 Å². The van der Waals surface area contributed by atoms with E-state index in [4.69, 9.17) is 15.7 Å². The van der Waals surface area contributed by atoms with Crippen molar-refractivity contribution in [1.29, 1.82) is 0 Å². The van der Waals surface area contributed by atoms with Crippen molar-refractivity contribution in [2.45, 2.75) is 45.7 Å². The molecule has 1 saturated carbocycles. The van der Waals surface area contributed by atoms with Crippen LogP contribution in [0.5, 0.6) is 0 Å².